The Morgan fingerprint density at radius 2 is 1.05 bits per heavy atom. The number of hydrogen-bond acceptors (Lipinski definition) is 2. The Bertz CT molecular complexity index is 448. The van der Waals surface area contributed by atoms with Gasteiger partial charge in [-0.3, -0.25) is 0 Å². The molecule has 0 radical (unpaired) electrons. The zero-order chi connectivity index (χ0) is 14.9. The maximum Gasteiger partial charge on any atom is 0.0531 e. The number of ether oxygens (including phenoxy) is 2. The first-order valence-corrected chi connectivity index (χ1v) is 7.43. The van der Waals surface area contributed by atoms with Crippen LogP contribution >= 0.6 is 0 Å². The van der Waals surface area contributed by atoms with Crippen molar-refractivity contribution in [2.24, 2.45) is 0 Å². The van der Waals surface area contributed by atoms with Gasteiger partial charge in [-0.15, -0.1) is 0 Å². The maximum atomic E-state index is 5.43. The average molecular weight is 284 g/mol. The van der Waals surface area contributed by atoms with Crippen LogP contribution in [0.5, 0.6) is 0 Å². The molecule has 2 aromatic carbocycles. The molecule has 0 amide bonds. The predicted molar refractivity (Wildman–Crippen MR) is 86.7 cm³/mol. The molecule has 0 aliphatic carbocycles. The van der Waals surface area contributed by atoms with E-state index in [4.69, 9.17) is 9.47 Å². The lowest BCUT2D eigenvalue weighted by molar-refractivity contribution is 0.147. The first kappa shape index (κ1) is 15.7. The summed E-state index contributed by atoms with van der Waals surface area (Å²) in [5, 5.41) is 0. The number of hydrogen-bond donors (Lipinski definition) is 0. The molecule has 0 saturated heterocycles. The first-order valence-electron chi connectivity index (χ1n) is 7.43. The van der Waals surface area contributed by atoms with Gasteiger partial charge in [0.05, 0.1) is 13.2 Å². The van der Waals surface area contributed by atoms with Crippen LogP contribution in [0.4, 0.5) is 0 Å². The summed E-state index contributed by atoms with van der Waals surface area (Å²) in [5.41, 5.74) is 2.66. The van der Waals surface area contributed by atoms with Crippen molar-refractivity contribution < 1.29 is 9.47 Å². The van der Waals surface area contributed by atoms with E-state index in [1.807, 2.05) is 0 Å². The molecule has 0 aliphatic heterocycles. The van der Waals surface area contributed by atoms with Crippen LogP contribution in [-0.4, -0.2) is 27.4 Å². The highest BCUT2D eigenvalue weighted by molar-refractivity contribution is 5.24. The molecular weight excluding hydrogens is 260 g/mol. The van der Waals surface area contributed by atoms with E-state index in [0.29, 0.717) is 11.8 Å². The van der Waals surface area contributed by atoms with E-state index in [0.717, 1.165) is 19.6 Å². The van der Waals surface area contributed by atoms with Crippen LogP contribution < -0.4 is 0 Å². The van der Waals surface area contributed by atoms with Crippen molar-refractivity contribution in [1.82, 2.24) is 0 Å². The monoisotopic (exact) mass is 284 g/mol. The van der Waals surface area contributed by atoms with Gasteiger partial charge >= 0.3 is 0 Å². The second-order valence-electron chi connectivity index (χ2n) is 5.36. The molecule has 2 nitrogen and oxygen atoms in total. The van der Waals surface area contributed by atoms with Gasteiger partial charge in [0.25, 0.3) is 0 Å². The van der Waals surface area contributed by atoms with E-state index in [2.05, 4.69) is 60.7 Å². The van der Waals surface area contributed by atoms with Gasteiger partial charge in [0.2, 0.25) is 0 Å². The van der Waals surface area contributed by atoms with Gasteiger partial charge in [-0.2, -0.15) is 0 Å². The topological polar surface area (TPSA) is 18.5 Å². The summed E-state index contributed by atoms with van der Waals surface area (Å²) in [5.74, 6) is 0.771. The number of methoxy groups -OCH3 is 2. The minimum atomic E-state index is 0.386. The summed E-state index contributed by atoms with van der Waals surface area (Å²) in [7, 11) is 3.54. The zero-order valence-corrected chi connectivity index (χ0v) is 12.9. The van der Waals surface area contributed by atoms with Gasteiger partial charge in [-0.05, 0) is 17.5 Å². The molecule has 0 saturated carbocycles. The van der Waals surface area contributed by atoms with Crippen molar-refractivity contribution in [2.45, 2.75) is 18.3 Å². The Morgan fingerprint density at radius 3 is 1.38 bits per heavy atom. The highest BCUT2D eigenvalue weighted by atomic mass is 16.5. The lowest BCUT2D eigenvalue weighted by atomic mass is 9.86. The van der Waals surface area contributed by atoms with Crippen LogP contribution in [0.1, 0.15) is 29.4 Å². The van der Waals surface area contributed by atoms with Crippen LogP contribution in [0.25, 0.3) is 0 Å². The van der Waals surface area contributed by atoms with E-state index in [1.54, 1.807) is 14.2 Å². The zero-order valence-electron chi connectivity index (χ0n) is 12.9. The van der Waals surface area contributed by atoms with Crippen LogP contribution in [0.3, 0.4) is 0 Å². The van der Waals surface area contributed by atoms with Gasteiger partial charge < -0.3 is 9.47 Å². The van der Waals surface area contributed by atoms with Crippen LogP contribution in [0, 0.1) is 0 Å². The SMILES string of the molecule is COCC(CC(COC)c1ccccc1)c1ccccc1. The van der Waals surface area contributed by atoms with Crippen LogP contribution in [0.2, 0.25) is 0 Å². The Morgan fingerprint density at radius 1 is 0.667 bits per heavy atom. The summed E-state index contributed by atoms with van der Waals surface area (Å²) in [6.45, 7) is 1.47. The minimum absolute atomic E-state index is 0.386. The summed E-state index contributed by atoms with van der Waals surface area (Å²) < 4.78 is 10.9. The highest BCUT2D eigenvalue weighted by Crippen LogP contribution is 2.30. The van der Waals surface area contributed by atoms with Gasteiger partial charge in [0.15, 0.2) is 0 Å². The van der Waals surface area contributed by atoms with Crippen LogP contribution in [0.15, 0.2) is 60.7 Å². The fourth-order valence-corrected chi connectivity index (χ4v) is 2.80. The van der Waals surface area contributed by atoms with E-state index in [1.165, 1.54) is 11.1 Å². The van der Waals surface area contributed by atoms with Crippen LogP contribution in [-0.2, 0) is 9.47 Å². The fraction of sp³-hybridized carbons (Fsp3) is 0.368. The third-order valence-corrected chi connectivity index (χ3v) is 3.85. The van der Waals surface area contributed by atoms with Crippen molar-refractivity contribution >= 4 is 0 Å². The molecule has 2 aromatic rings. The molecule has 2 atom stereocenters. The number of rotatable bonds is 8. The second-order valence-corrected chi connectivity index (χ2v) is 5.36. The van der Waals surface area contributed by atoms with Crippen molar-refractivity contribution in [3.05, 3.63) is 71.8 Å². The summed E-state index contributed by atoms with van der Waals surface area (Å²) in [6, 6.07) is 21.2. The molecule has 0 aromatic heterocycles. The third-order valence-electron chi connectivity index (χ3n) is 3.85. The highest BCUT2D eigenvalue weighted by Gasteiger charge is 2.19. The summed E-state index contributed by atoms with van der Waals surface area (Å²) >= 11 is 0. The van der Waals surface area contributed by atoms with Gasteiger partial charge in [-0.1, -0.05) is 60.7 Å². The van der Waals surface area contributed by atoms with Gasteiger partial charge in [-0.25, -0.2) is 0 Å². The third kappa shape index (κ3) is 4.69. The van der Waals surface area contributed by atoms with Gasteiger partial charge in [0, 0.05) is 26.1 Å². The van der Waals surface area contributed by atoms with Crippen molar-refractivity contribution in [2.75, 3.05) is 27.4 Å². The largest absolute Gasteiger partial charge is 0.384 e. The molecule has 0 spiro atoms. The van der Waals surface area contributed by atoms with E-state index < -0.39 is 0 Å². The Kier molecular flexibility index (Phi) is 6.45. The molecule has 0 aliphatic rings. The molecule has 2 heteroatoms. The Labute approximate surface area is 127 Å². The second kappa shape index (κ2) is 8.60. The molecular formula is C19H24O2. The van der Waals surface area contributed by atoms with E-state index in [-0.39, 0.29) is 0 Å². The summed E-state index contributed by atoms with van der Waals surface area (Å²) in [6.07, 6.45) is 1.02. The molecule has 0 heterocycles. The Hall–Kier alpha value is -1.64. The minimum Gasteiger partial charge on any atom is -0.384 e. The van der Waals surface area contributed by atoms with E-state index >= 15 is 0 Å². The smallest absolute Gasteiger partial charge is 0.0531 e. The molecule has 2 unspecified atom stereocenters. The van der Waals surface area contributed by atoms with Crippen molar-refractivity contribution in [1.29, 1.82) is 0 Å². The maximum absolute atomic E-state index is 5.43. The lowest BCUT2D eigenvalue weighted by Gasteiger charge is -2.23. The Balaban J connectivity index is 2.16. The lowest BCUT2D eigenvalue weighted by Crippen LogP contribution is -2.15. The standard InChI is InChI=1S/C19H24O2/c1-20-14-18(16-9-5-3-6-10-16)13-19(15-21-2)17-11-7-4-8-12-17/h3-12,18-19H,13-15H2,1-2H3. The predicted octanol–water partition coefficient (Wildman–Crippen LogP) is 4.24. The normalized spacial score (nSPS) is 13.8. The molecule has 21 heavy (non-hydrogen) atoms. The van der Waals surface area contributed by atoms with E-state index in [9.17, 15) is 0 Å². The first-order chi connectivity index (χ1) is 10.3. The molecule has 2 rings (SSSR count). The quantitative estimate of drug-likeness (QED) is 0.722. The van der Waals surface area contributed by atoms with Gasteiger partial charge in [0.1, 0.15) is 0 Å². The fourth-order valence-electron chi connectivity index (χ4n) is 2.80. The number of benzene rings is 2. The van der Waals surface area contributed by atoms with Crippen molar-refractivity contribution in [3.63, 3.8) is 0 Å². The average Bonchev–Trinajstić information content (AvgIpc) is 2.55. The van der Waals surface area contributed by atoms with Crippen molar-refractivity contribution in [3.8, 4) is 0 Å². The molecule has 112 valence electrons. The summed E-state index contributed by atoms with van der Waals surface area (Å²) in [4.78, 5) is 0. The molecule has 0 bridgehead atoms. The molecule has 0 N–H and O–H groups in total. The molecule has 0 fully saturated rings.